The van der Waals surface area contributed by atoms with Crippen LogP contribution in [0.3, 0.4) is 0 Å². The molecule has 0 radical (unpaired) electrons. The third kappa shape index (κ3) is 4.22. The molecule has 0 spiro atoms. The normalized spacial score (nSPS) is 10.9. The van der Waals surface area contributed by atoms with E-state index < -0.39 is 0 Å². The highest BCUT2D eigenvalue weighted by molar-refractivity contribution is 6.08. The maximum absolute atomic E-state index is 4.03. The Balaban J connectivity index is 1.51. The van der Waals surface area contributed by atoms with E-state index in [0.717, 1.165) is 28.2 Å². The second kappa shape index (κ2) is 9.64. The van der Waals surface area contributed by atoms with E-state index in [9.17, 15) is 0 Å². The summed E-state index contributed by atoms with van der Waals surface area (Å²) in [5, 5.41) is 5.00. The lowest BCUT2D eigenvalue weighted by atomic mass is 10.0. The number of rotatable bonds is 6. The molecule has 0 aliphatic heterocycles. The number of hydrogen-bond acceptors (Lipinski definition) is 1. The summed E-state index contributed by atoms with van der Waals surface area (Å²) in [5.41, 5.74) is 7.82. The molecule has 6 aromatic carbocycles. The molecule has 0 N–H and O–H groups in total. The van der Waals surface area contributed by atoms with Gasteiger partial charge in [0.05, 0.1) is 0 Å². The first-order valence-corrected chi connectivity index (χ1v) is 12.5. The largest absolute Gasteiger partial charge is 0.310 e. The van der Waals surface area contributed by atoms with E-state index in [1.54, 1.807) is 0 Å². The van der Waals surface area contributed by atoms with Crippen LogP contribution in [0.5, 0.6) is 0 Å². The first-order chi connectivity index (χ1) is 18.2. The van der Waals surface area contributed by atoms with Crippen molar-refractivity contribution < 1.29 is 0 Å². The molecule has 0 saturated heterocycles. The van der Waals surface area contributed by atoms with E-state index in [2.05, 4.69) is 139 Å². The molecule has 0 aliphatic carbocycles. The van der Waals surface area contributed by atoms with Gasteiger partial charge in [-0.1, -0.05) is 116 Å². The molecule has 0 unspecified atom stereocenters. The first kappa shape index (κ1) is 22.6. The molecule has 0 heterocycles. The number of nitrogens with zero attached hydrogens (tertiary/aromatic N) is 1. The fourth-order valence-corrected chi connectivity index (χ4v) is 5.08. The van der Waals surface area contributed by atoms with Crippen LogP contribution >= 0.6 is 0 Å². The Labute approximate surface area is 218 Å². The Morgan fingerprint density at radius 2 is 1.03 bits per heavy atom. The summed E-state index contributed by atoms with van der Waals surface area (Å²) in [6.07, 6.45) is 3.77. The van der Waals surface area contributed by atoms with E-state index >= 15 is 0 Å². The average Bonchev–Trinajstić information content (AvgIpc) is 2.98. The number of anilines is 3. The van der Waals surface area contributed by atoms with Crippen molar-refractivity contribution in [2.24, 2.45) is 0 Å². The second-order valence-electron chi connectivity index (χ2n) is 9.16. The molecule has 0 fully saturated rings. The van der Waals surface area contributed by atoms with Gasteiger partial charge in [-0.25, -0.2) is 0 Å². The van der Waals surface area contributed by atoms with Crippen LogP contribution in [0.1, 0.15) is 11.1 Å². The van der Waals surface area contributed by atoms with E-state index in [4.69, 9.17) is 0 Å². The summed E-state index contributed by atoms with van der Waals surface area (Å²) in [5.74, 6) is 0. The van der Waals surface area contributed by atoms with Gasteiger partial charge in [0.15, 0.2) is 0 Å². The van der Waals surface area contributed by atoms with Crippen molar-refractivity contribution in [3.8, 4) is 11.1 Å². The highest BCUT2D eigenvalue weighted by Crippen LogP contribution is 2.39. The van der Waals surface area contributed by atoms with E-state index in [1.165, 1.54) is 32.7 Å². The summed E-state index contributed by atoms with van der Waals surface area (Å²) < 4.78 is 0. The third-order valence-corrected chi connectivity index (χ3v) is 6.99. The molecule has 1 nitrogen and oxygen atoms in total. The van der Waals surface area contributed by atoms with Gasteiger partial charge in [0.1, 0.15) is 0 Å². The SMILES string of the molecule is C=Cc1ccc(N(c2ccc(-c3ccccc3)cc2)c2ccc3c(ccc4ccccc43)c2)cc1C=C. The van der Waals surface area contributed by atoms with Crippen LogP contribution in [-0.4, -0.2) is 0 Å². The standard InChI is InChI=1S/C36H27N/c1-3-26-16-21-33(24-27(26)4-2)37(32-19-17-29(18-20-32)28-10-6-5-7-11-28)34-22-23-36-31(25-34)15-14-30-12-8-9-13-35(30)36/h3-25H,1-2H2. The van der Waals surface area contributed by atoms with Gasteiger partial charge in [-0.15, -0.1) is 0 Å². The zero-order valence-electron chi connectivity index (χ0n) is 20.6. The molecule has 6 rings (SSSR count). The molecule has 1 heteroatoms. The minimum absolute atomic E-state index is 1.06. The van der Waals surface area contributed by atoms with Gasteiger partial charge in [0, 0.05) is 17.1 Å². The molecule has 0 atom stereocenters. The summed E-state index contributed by atoms with van der Waals surface area (Å²) in [7, 11) is 0. The molecule has 6 aromatic rings. The van der Waals surface area contributed by atoms with Crippen LogP contribution in [0, 0.1) is 0 Å². The molecule has 37 heavy (non-hydrogen) atoms. The van der Waals surface area contributed by atoms with Crippen LogP contribution in [-0.2, 0) is 0 Å². The van der Waals surface area contributed by atoms with Crippen molar-refractivity contribution >= 4 is 50.8 Å². The van der Waals surface area contributed by atoms with Gasteiger partial charge in [-0.3, -0.25) is 0 Å². The predicted octanol–water partition coefficient (Wildman–Crippen LogP) is 10.4. The fourth-order valence-electron chi connectivity index (χ4n) is 5.08. The molecular weight excluding hydrogens is 446 g/mol. The Kier molecular flexibility index (Phi) is 5.88. The van der Waals surface area contributed by atoms with Crippen molar-refractivity contribution in [2.75, 3.05) is 4.90 Å². The molecule has 0 bridgehead atoms. The van der Waals surface area contributed by atoms with Gasteiger partial charge >= 0.3 is 0 Å². The Morgan fingerprint density at radius 3 is 1.81 bits per heavy atom. The zero-order valence-corrected chi connectivity index (χ0v) is 20.6. The Bertz CT molecular complexity index is 1740. The van der Waals surface area contributed by atoms with Gasteiger partial charge in [0.25, 0.3) is 0 Å². The monoisotopic (exact) mass is 473 g/mol. The van der Waals surface area contributed by atoms with Crippen LogP contribution in [0.4, 0.5) is 17.1 Å². The first-order valence-electron chi connectivity index (χ1n) is 12.5. The van der Waals surface area contributed by atoms with Gasteiger partial charge in [-0.2, -0.15) is 0 Å². The lowest BCUT2D eigenvalue weighted by molar-refractivity contribution is 1.28. The van der Waals surface area contributed by atoms with Crippen LogP contribution in [0.2, 0.25) is 0 Å². The van der Waals surface area contributed by atoms with Crippen molar-refractivity contribution in [3.05, 3.63) is 152 Å². The minimum atomic E-state index is 1.06. The Morgan fingerprint density at radius 1 is 0.432 bits per heavy atom. The van der Waals surface area contributed by atoms with Crippen molar-refractivity contribution in [2.45, 2.75) is 0 Å². The van der Waals surface area contributed by atoms with E-state index in [1.807, 2.05) is 18.2 Å². The van der Waals surface area contributed by atoms with Crippen LogP contribution < -0.4 is 4.90 Å². The lowest BCUT2D eigenvalue weighted by Gasteiger charge is -2.27. The molecule has 176 valence electrons. The lowest BCUT2D eigenvalue weighted by Crippen LogP contribution is -2.10. The number of benzene rings is 6. The topological polar surface area (TPSA) is 3.24 Å². The van der Waals surface area contributed by atoms with Crippen molar-refractivity contribution in [1.82, 2.24) is 0 Å². The second-order valence-corrected chi connectivity index (χ2v) is 9.16. The number of fused-ring (bicyclic) bond motifs is 3. The summed E-state index contributed by atoms with van der Waals surface area (Å²) in [6.45, 7) is 8.00. The predicted molar refractivity (Wildman–Crippen MR) is 162 cm³/mol. The maximum Gasteiger partial charge on any atom is 0.0468 e. The molecular formula is C36H27N. The van der Waals surface area contributed by atoms with Gasteiger partial charge < -0.3 is 4.90 Å². The van der Waals surface area contributed by atoms with E-state index in [0.29, 0.717) is 0 Å². The number of hydrogen-bond donors (Lipinski definition) is 0. The van der Waals surface area contributed by atoms with Crippen molar-refractivity contribution in [3.63, 3.8) is 0 Å². The average molecular weight is 474 g/mol. The van der Waals surface area contributed by atoms with Crippen LogP contribution in [0.15, 0.2) is 141 Å². The van der Waals surface area contributed by atoms with Gasteiger partial charge in [0.2, 0.25) is 0 Å². The maximum atomic E-state index is 4.03. The summed E-state index contributed by atoms with van der Waals surface area (Å²) >= 11 is 0. The smallest absolute Gasteiger partial charge is 0.0468 e. The third-order valence-electron chi connectivity index (χ3n) is 6.99. The fraction of sp³-hybridized carbons (Fsp3) is 0. The highest BCUT2D eigenvalue weighted by Gasteiger charge is 2.15. The molecule has 0 aliphatic rings. The minimum Gasteiger partial charge on any atom is -0.310 e. The zero-order chi connectivity index (χ0) is 25.2. The molecule has 0 aromatic heterocycles. The Hall–Kier alpha value is -4.88. The summed E-state index contributed by atoms with van der Waals surface area (Å²) in [6, 6.07) is 45.4. The highest BCUT2D eigenvalue weighted by atomic mass is 15.1. The van der Waals surface area contributed by atoms with E-state index in [-0.39, 0.29) is 0 Å². The summed E-state index contributed by atoms with van der Waals surface area (Å²) in [4.78, 5) is 2.31. The molecule has 0 saturated carbocycles. The quantitative estimate of drug-likeness (QED) is 0.217. The van der Waals surface area contributed by atoms with Crippen LogP contribution in [0.25, 0.3) is 44.8 Å². The van der Waals surface area contributed by atoms with Gasteiger partial charge in [-0.05, 0) is 80.2 Å². The molecule has 0 amide bonds. The van der Waals surface area contributed by atoms with Crippen molar-refractivity contribution in [1.29, 1.82) is 0 Å².